The predicted molar refractivity (Wildman–Crippen MR) is 153 cm³/mol. The van der Waals surface area contributed by atoms with Crippen molar-refractivity contribution in [2.24, 2.45) is 10.8 Å². The summed E-state index contributed by atoms with van der Waals surface area (Å²) >= 11 is 12.6. The van der Waals surface area contributed by atoms with Gasteiger partial charge in [0.1, 0.15) is 4.90 Å². The third-order valence-electron chi connectivity index (χ3n) is 7.60. The number of benzene rings is 2. The van der Waals surface area contributed by atoms with Crippen LogP contribution in [0.5, 0.6) is 11.5 Å². The van der Waals surface area contributed by atoms with Gasteiger partial charge in [-0.1, -0.05) is 50.9 Å². The molecule has 0 fully saturated rings. The number of ketones is 2. The molecule has 0 spiro atoms. The Hall–Kier alpha value is -2.81. The summed E-state index contributed by atoms with van der Waals surface area (Å²) in [4.78, 5) is 27.1. The number of methoxy groups -OCH3 is 1. The first kappa shape index (κ1) is 28.7. The van der Waals surface area contributed by atoms with Gasteiger partial charge in [-0.25, -0.2) is 0 Å². The second-order valence-electron chi connectivity index (χ2n) is 12.2. The van der Waals surface area contributed by atoms with Crippen LogP contribution in [0.4, 0.5) is 0 Å². The van der Waals surface area contributed by atoms with Crippen LogP contribution in [-0.2, 0) is 19.7 Å². The molecule has 212 valence electrons. The molecule has 0 unspecified atom stereocenters. The van der Waals surface area contributed by atoms with Crippen molar-refractivity contribution in [3.8, 4) is 11.5 Å². The van der Waals surface area contributed by atoms with Gasteiger partial charge in [0, 0.05) is 46.3 Å². The van der Waals surface area contributed by atoms with Crippen molar-refractivity contribution in [1.29, 1.82) is 0 Å². The Balaban J connectivity index is 1.64. The van der Waals surface area contributed by atoms with Crippen LogP contribution >= 0.6 is 23.2 Å². The largest absolute Gasteiger partial charge is 0.493 e. The lowest BCUT2D eigenvalue weighted by molar-refractivity contribution is -0.119. The predicted octanol–water partition coefficient (Wildman–Crippen LogP) is 6.74. The van der Waals surface area contributed by atoms with Crippen molar-refractivity contribution >= 4 is 44.9 Å². The number of halogens is 2. The van der Waals surface area contributed by atoms with E-state index in [4.69, 9.17) is 32.1 Å². The molecule has 1 N–H and O–H groups in total. The van der Waals surface area contributed by atoms with Gasteiger partial charge in [0.15, 0.2) is 17.3 Å². The number of rotatable bonds is 5. The average molecular weight is 605 g/mol. The lowest BCUT2D eigenvalue weighted by Crippen LogP contribution is -2.42. The maximum atomic E-state index is 13.6. The quantitative estimate of drug-likeness (QED) is 0.378. The van der Waals surface area contributed by atoms with Crippen LogP contribution in [0.15, 0.2) is 63.8 Å². The molecule has 5 rings (SSSR count). The summed E-state index contributed by atoms with van der Waals surface area (Å²) in [6.45, 7) is 8.22. The standard InChI is InChI=1S/C30H31Cl2NO6S/c1-29(2)12-20-26(22(34)14-29)25(27-21(33-20)13-30(3,4)15-23(27)35)16-10-19(32)28(24(11-16)38-5)39-40(36,37)18-8-6-17(31)7-9-18/h6-11,25,33H,12-15H2,1-5H3. The first-order valence-corrected chi connectivity index (χ1v) is 15.1. The molecule has 0 radical (unpaired) electrons. The minimum Gasteiger partial charge on any atom is -0.493 e. The molecular formula is C30H31Cl2NO6S. The molecule has 0 atom stereocenters. The van der Waals surface area contributed by atoms with Gasteiger partial charge >= 0.3 is 10.1 Å². The second-order valence-corrected chi connectivity index (χ2v) is 14.6. The number of Topliss-reactive ketones (excluding diaryl/α,β-unsaturated/α-hetero) is 2. The van der Waals surface area contributed by atoms with E-state index in [2.05, 4.69) is 33.0 Å². The average Bonchev–Trinajstić information content (AvgIpc) is 2.82. The van der Waals surface area contributed by atoms with Crippen molar-refractivity contribution in [1.82, 2.24) is 5.32 Å². The van der Waals surface area contributed by atoms with E-state index in [0.717, 1.165) is 11.4 Å². The number of hydrogen-bond acceptors (Lipinski definition) is 7. The zero-order valence-corrected chi connectivity index (χ0v) is 25.3. The fourth-order valence-corrected chi connectivity index (χ4v) is 7.35. The summed E-state index contributed by atoms with van der Waals surface area (Å²) in [6, 6.07) is 8.70. The van der Waals surface area contributed by atoms with Crippen LogP contribution in [0.3, 0.4) is 0 Å². The van der Waals surface area contributed by atoms with Crippen LogP contribution in [-0.4, -0.2) is 27.1 Å². The second kappa shape index (κ2) is 9.93. The molecule has 0 aromatic heterocycles. The van der Waals surface area contributed by atoms with Crippen LogP contribution in [0.2, 0.25) is 10.0 Å². The monoisotopic (exact) mass is 603 g/mol. The SMILES string of the molecule is COc1cc(C2C3=C(CC(C)(C)CC3=O)NC3=C2C(=O)CC(C)(C)C3)cc(Cl)c1OS(=O)(=O)c1ccc(Cl)cc1. The molecule has 7 nitrogen and oxygen atoms in total. The van der Waals surface area contributed by atoms with Gasteiger partial charge in [0.05, 0.1) is 12.1 Å². The number of hydrogen-bond donors (Lipinski definition) is 1. The van der Waals surface area contributed by atoms with Crippen molar-refractivity contribution < 1.29 is 26.9 Å². The molecule has 0 bridgehead atoms. The fraction of sp³-hybridized carbons (Fsp3) is 0.400. The first-order valence-electron chi connectivity index (χ1n) is 13.0. The normalized spacial score (nSPS) is 20.6. The van der Waals surface area contributed by atoms with Crippen molar-refractivity contribution in [2.75, 3.05) is 7.11 Å². The third-order valence-corrected chi connectivity index (χ3v) is 9.37. The number of nitrogens with one attached hydrogen (secondary N) is 1. The van der Waals surface area contributed by atoms with E-state index in [1.165, 1.54) is 31.4 Å². The van der Waals surface area contributed by atoms with E-state index < -0.39 is 16.0 Å². The zero-order chi connectivity index (χ0) is 29.2. The Kier molecular flexibility index (Phi) is 7.12. The van der Waals surface area contributed by atoms with Gasteiger partial charge in [0.25, 0.3) is 0 Å². The zero-order valence-electron chi connectivity index (χ0n) is 23.0. The summed E-state index contributed by atoms with van der Waals surface area (Å²) in [7, 11) is -2.89. The number of carbonyl (C=O) groups is 2. The highest BCUT2D eigenvalue weighted by Gasteiger charge is 2.46. The highest BCUT2D eigenvalue weighted by atomic mass is 35.5. The number of dihydropyridines is 1. The molecule has 10 heteroatoms. The molecule has 0 saturated heterocycles. The van der Waals surface area contributed by atoms with Gasteiger partial charge < -0.3 is 14.2 Å². The minimum atomic E-state index is -4.26. The van der Waals surface area contributed by atoms with E-state index in [1.807, 2.05) is 0 Å². The molecular weight excluding hydrogens is 573 g/mol. The molecule has 0 saturated carbocycles. The Bertz CT molecular complexity index is 1550. The summed E-state index contributed by atoms with van der Waals surface area (Å²) in [5.41, 5.74) is 2.82. The third kappa shape index (κ3) is 5.29. The molecule has 1 heterocycles. The van der Waals surface area contributed by atoms with Gasteiger partial charge in [-0.3, -0.25) is 9.59 Å². The molecule has 2 aromatic rings. The highest BCUT2D eigenvalue weighted by molar-refractivity contribution is 7.87. The molecule has 3 aliphatic rings. The smallest absolute Gasteiger partial charge is 0.339 e. The maximum Gasteiger partial charge on any atom is 0.339 e. The Morgan fingerprint density at radius 1 is 0.850 bits per heavy atom. The maximum absolute atomic E-state index is 13.6. The van der Waals surface area contributed by atoms with E-state index in [1.54, 1.807) is 12.1 Å². The Morgan fingerprint density at radius 2 is 1.38 bits per heavy atom. The lowest BCUT2D eigenvalue weighted by Gasteiger charge is -2.44. The summed E-state index contributed by atoms with van der Waals surface area (Å²) < 4.78 is 37.0. The first-order chi connectivity index (χ1) is 18.6. The van der Waals surface area contributed by atoms with Crippen molar-refractivity contribution in [3.63, 3.8) is 0 Å². The van der Waals surface area contributed by atoms with Gasteiger partial charge in [-0.2, -0.15) is 8.42 Å². The van der Waals surface area contributed by atoms with Crippen molar-refractivity contribution in [3.05, 3.63) is 74.5 Å². The number of allylic oxidation sites excluding steroid dienone is 4. The van der Waals surface area contributed by atoms with Gasteiger partial charge in [0.2, 0.25) is 5.75 Å². The number of carbonyl (C=O) groups excluding carboxylic acids is 2. The van der Waals surface area contributed by atoms with Gasteiger partial charge in [-0.05, 0) is 65.6 Å². The molecule has 2 aliphatic carbocycles. The summed E-state index contributed by atoms with van der Waals surface area (Å²) in [6.07, 6.45) is 2.00. The molecule has 1 aliphatic heterocycles. The Morgan fingerprint density at radius 3 is 1.88 bits per heavy atom. The van der Waals surface area contributed by atoms with Crippen LogP contribution in [0.1, 0.15) is 64.9 Å². The van der Waals surface area contributed by atoms with Crippen molar-refractivity contribution in [2.45, 2.75) is 64.2 Å². The van der Waals surface area contributed by atoms with Crippen LogP contribution in [0, 0.1) is 10.8 Å². The number of ether oxygens (including phenoxy) is 1. The molecule has 2 aromatic carbocycles. The van der Waals surface area contributed by atoms with E-state index in [-0.39, 0.29) is 43.8 Å². The summed E-state index contributed by atoms with van der Waals surface area (Å²) in [5, 5.41) is 3.83. The van der Waals surface area contributed by atoms with Gasteiger partial charge in [-0.15, -0.1) is 0 Å². The van der Waals surface area contributed by atoms with E-state index in [0.29, 0.717) is 47.4 Å². The molecule has 0 amide bonds. The van der Waals surface area contributed by atoms with Crippen LogP contribution < -0.4 is 14.2 Å². The lowest BCUT2D eigenvalue weighted by atomic mass is 9.64. The minimum absolute atomic E-state index is 0.0260. The molecule has 40 heavy (non-hydrogen) atoms. The van der Waals surface area contributed by atoms with E-state index >= 15 is 0 Å². The fourth-order valence-electron chi connectivity index (χ4n) is 5.97. The topological polar surface area (TPSA) is 98.8 Å². The Labute approximate surface area is 244 Å². The van der Waals surface area contributed by atoms with Crippen LogP contribution in [0.25, 0.3) is 0 Å². The summed E-state index contributed by atoms with van der Waals surface area (Å²) in [5.74, 6) is -0.850. The highest BCUT2D eigenvalue weighted by Crippen LogP contribution is 2.52. The van der Waals surface area contributed by atoms with E-state index in [9.17, 15) is 18.0 Å².